The maximum Gasteiger partial charge on any atom is 0.354 e. The van der Waals surface area contributed by atoms with Crippen molar-refractivity contribution in [3.05, 3.63) is 43.5 Å². The number of anilines is 1. The third-order valence-corrected chi connectivity index (χ3v) is 6.24. The highest BCUT2D eigenvalue weighted by Gasteiger charge is 2.35. The standard InChI is InChI=1S/C19H26FN5O3/c1-9-16-14(11-3-4-11)18(27)25(22)19(28)24(16)10(2)15(20)17(9)23-6-5-12(7-23)13(21)8-26/h11-13,26H,3-8,21-22H2,1-2H3. The highest BCUT2D eigenvalue weighted by molar-refractivity contribution is 5.73. The van der Waals surface area contributed by atoms with Crippen LogP contribution in [-0.4, -0.2) is 39.9 Å². The number of nitrogens with zero attached hydrogens (tertiary/aromatic N) is 3. The van der Waals surface area contributed by atoms with Gasteiger partial charge in [0.05, 0.1) is 23.5 Å². The first-order valence-electron chi connectivity index (χ1n) is 9.64. The number of aliphatic hydroxyl groups excluding tert-OH is 1. The summed E-state index contributed by atoms with van der Waals surface area (Å²) in [6.07, 6.45) is 2.45. The van der Waals surface area contributed by atoms with Gasteiger partial charge in [0.15, 0.2) is 5.82 Å². The molecule has 28 heavy (non-hydrogen) atoms. The van der Waals surface area contributed by atoms with Crippen molar-refractivity contribution in [3.63, 3.8) is 0 Å². The molecule has 2 unspecified atom stereocenters. The Morgan fingerprint density at radius 3 is 2.54 bits per heavy atom. The van der Waals surface area contributed by atoms with Gasteiger partial charge in [-0.2, -0.15) is 4.68 Å². The van der Waals surface area contributed by atoms with Crippen molar-refractivity contribution >= 4 is 11.2 Å². The summed E-state index contributed by atoms with van der Waals surface area (Å²) in [5, 5.41) is 9.33. The summed E-state index contributed by atoms with van der Waals surface area (Å²) >= 11 is 0. The van der Waals surface area contributed by atoms with Gasteiger partial charge in [0.25, 0.3) is 5.56 Å². The molecule has 2 aromatic rings. The maximum atomic E-state index is 15.4. The van der Waals surface area contributed by atoms with Gasteiger partial charge < -0.3 is 21.6 Å². The molecule has 1 aliphatic heterocycles. The van der Waals surface area contributed by atoms with Crippen LogP contribution in [0.1, 0.15) is 42.0 Å². The smallest absolute Gasteiger partial charge is 0.354 e. The van der Waals surface area contributed by atoms with Gasteiger partial charge in [-0.15, -0.1) is 0 Å². The zero-order valence-electron chi connectivity index (χ0n) is 16.1. The minimum Gasteiger partial charge on any atom is -0.395 e. The molecular weight excluding hydrogens is 365 g/mol. The number of halogens is 1. The Labute approximate surface area is 161 Å². The second kappa shape index (κ2) is 6.59. The van der Waals surface area contributed by atoms with Gasteiger partial charge >= 0.3 is 5.69 Å². The first-order valence-corrected chi connectivity index (χ1v) is 9.64. The summed E-state index contributed by atoms with van der Waals surface area (Å²) in [6, 6.07) is -0.357. The molecule has 1 aliphatic carbocycles. The normalized spacial score (nSPS) is 20.9. The second-order valence-electron chi connectivity index (χ2n) is 8.04. The molecule has 1 saturated carbocycles. The molecule has 0 radical (unpaired) electrons. The zero-order valence-corrected chi connectivity index (χ0v) is 16.1. The van der Waals surface area contributed by atoms with Crippen LogP contribution in [-0.2, 0) is 0 Å². The number of aliphatic hydroxyl groups is 1. The molecule has 0 bridgehead atoms. The molecule has 0 aromatic carbocycles. The van der Waals surface area contributed by atoms with Gasteiger partial charge in [-0.05, 0) is 44.9 Å². The Hall–Kier alpha value is -2.39. The largest absolute Gasteiger partial charge is 0.395 e. The fourth-order valence-electron chi connectivity index (χ4n) is 4.47. The third kappa shape index (κ3) is 2.64. The predicted molar refractivity (Wildman–Crippen MR) is 105 cm³/mol. The van der Waals surface area contributed by atoms with Gasteiger partial charge in [-0.1, -0.05) is 0 Å². The summed E-state index contributed by atoms with van der Waals surface area (Å²) in [5.74, 6) is 5.32. The van der Waals surface area contributed by atoms with Gasteiger partial charge in [0.1, 0.15) is 0 Å². The number of fused-ring (bicyclic) bond motifs is 1. The molecule has 4 rings (SSSR count). The van der Waals surface area contributed by atoms with Gasteiger partial charge in [-0.25, -0.2) is 9.18 Å². The van der Waals surface area contributed by atoms with E-state index in [4.69, 9.17) is 11.6 Å². The zero-order chi connectivity index (χ0) is 20.3. The summed E-state index contributed by atoms with van der Waals surface area (Å²) in [6.45, 7) is 4.28. The Bertz CT molecular complexity index is 1070. The SMILES string of the molecule is Cc1c(N2CCC(C(N)CO)C2)c(F)c(C)n2c(=O)n(N)c(=O)c(C3CC3)c12. The van der Waals surface area contributed by atoms with E-state index in [0.29, 0.717) is 40.1 Å². The summed E-state index contributed by atoms with van der Waals surface area (Å²) in [5.41, 5.74) is 6.80. The monoisotopic (exact) mass is 391 g/mol. The molecule has 2 aromatic heterocycles. The van der Waals surface area contributed by atoms with Crippen LogP contribution in [0.15, 0.2) is 9.59 Å². The van der Waals surface area contributed by atoms with E-state index in [1.54, 1.807) is 6.92 Å². The van der Waals surface area contributed by atoms with Crippen molar-refractivity contribution in [2.75, 3.05) is 30.4 Å². The molecule has 2 fully saturated rings. The third-order valence-electron chi connectivity index (χ3n) is 6.24. The number of hydrogen-bond acceptors (Lipinski definition) is 6. The first kappa shape index (κ1) is 18.9. The Morgan fingerprint density at radius 1 is 1.25 bits per heavy atom. The van der Waals surface area contributed by atoms with E-state index >= 15 is 4.39 Å². The topological polar surface area (TPSA) is 119 Å². The fourth-order valence-corrected chi connectivity index (χ4v) is 4.47. The van der Waals surface area contributed by atoms with Crippen molar-refractivity contribution in [1.29, 1.82) is 0 Å². The molecule has 0 amide bonds. The van der Waals surface area contributed by atoms with Gasteiger partial charge in [0.2, 0.25) is 0 Å². The van der Waals surface area contributed by atoms with Gasteiger partial charge in [0, 0.05) is 30.3 Å². The summed E-state index contributed by atoms with van der Waals surface area (Å²) in [4.78, 5) is 27.3. The minimum atomic E-state index is -0.739. The highest BCUT2D eigenvalue weighted by atomic mass is 19.1. The second-order valence-corrected chi connectivity index (χ2v) is 8.04. The number of hydrogen-bond donors (Lipinski definition) is 3. The Morgan fingerprint density at radius 2 is 1.93 bits per heavy atom. The minimum absolute atomic E-state index is 0.0449. The number of nitrogen functional groups attached to an aromatic ring is 1. The van der Waals surface area contributed by atoms with E-state index < -0.39 is 17.1 Å². The molecule has 152 valence electrons. The quantitative estimate of drug-likeness (QED) is 0.629. The van der Waals surface area contributed by atoms with Crippen molar-refractivity contribution in [3.8, 4) is 0 Å². The predicted octanol–water partition coefficient (Wildman–Crippen LogP) is -0.0458. The molecule has 2 aliphatic rings. The van der Waals surface area contributed by atoms with Crippen LogP contribution in [0, 0.1) is 25.6 Å². The van der Waals surface area contributed by atoms with Crippen LogP contribution < -0.4 is 27.7 Å². The molecule has 9 heteroatoms. The number of pyridine rings is 1. The van der Waals surface area contributed by atoms with E-state index in [-0.39, 0.29) is 30.2 Å². The number of aryl methyl sites for hydroxylation is 2. The number of aromatic nitrogens is 2. The average molecular weight is 391 g/mol. The molecule has 1 saturated heterocycles. The van der Waals surface area contributed by atoms with E-state index in [1.807, 2.05) is 4.90 Å². The summed E-state index contributed by atoms with van der Waals surface area (Å²) in [7, 11) is 0. The molecule has 8 nitrogen and oxygen atoms in total. The van der Waals surface area contributed by atoms with Crippen molar-refractivity contribution in [2.24, 2.45) is 11.7 Å². The molecule has 5 N–H and O–H groups in total. The van der Waals surface area contributed by atoms with Crippen LogP contribution in [0.3, 0.4) is 0 Å². The number of nitrogens with two attached hydrogens (primary N) is 2. The molecular formula is C19H26FN5O3. The highest BCUT2D eigenvalue weighted by Crippen LogP contribution is 2.42. The van der Waals surface area contributed by atoms with Crippen LogP contribution in [0.2, 0.25) is 0 Å². The summed E-state index contributed by atoms with van der Waals surface area (Å²) < 4.78 is 17.2. The first-order chi connectivity index (χ1) is 13.3. The Balaban J connectivity index is 1.98. The van der Waals surface area contributed by atoms with Crippen LogP contribution in [0.5, 0.6) is 0 Å². The Kier molecular flexibility index (Phi) is 4.46. The molecule has 2 atom stereocenters. The van der Waals surface area contributed by atoms with Crippen molar-refractivity contribution in [1.82, 2.24) is 9.08 Å². The van der Waals surface area contributed by atoms with Crippen LogP contribution in [0.25, 0.3) is 5.52 Å². The van der Waals surface area contributed by atoms with Gasteiger partial charge in [-0.3, -0.25) is 9.20 Å². The molecule has 0 spiro atoms. The van der Waals surface area contributed by atoms with Crippen molar-refractivity contribution in [2.45, 2.75) is 45.1 Å². The van der Waals surface area contributed by atoms with E-state index in [0.717, 1.165) is 19.3 Å². The lowest BCUT2D eigenvalue weighted by Gasteiger charge is -2.26. The lowest BCUT2D eigenvalue weighted by Crippen LogP contribution is -2.45. The van der Waals surface area contributed by atoms with Crippen LogP contribution in [0.4, 0.5) is 10.1 Å². The molecule has 3 heterocycles. The lowest BCUT2D eigenvalue weighted by molar-refractivity contribution is 0.233. The van der Waals surface area contributed by atoms with E-state index in [2.05, 4.69) is 0 Å². The van der Waals surface area contributed by atoms with E-state index in [1.165, 1.54) is 11.3 Å². The van der Waals surface area contributed by atoms with Crippen LogP contribution >= 0.6 is 0 Å². The van der Waals surface area contributed by atoms with Crippen molar-refractivity contribution < 1.29 is 9.50 Å². The number of rotatable bonds is 4. The average Bonchev–Trinajstić information content (AvgIpc) is 3.40. The van der Waals surface area contributed by atoms with E-state index in [9.17, 15) is 14.7 Å². The maximum absolute atomic E-state index is 15.4. The lowest BCUT2D eigenvalue weighted by atomic mass is 10.0. The fraction of sp³-hybridized carbons (Fsp3) is 0.579.